The molecule has 0 bridgehead atoms. The number of rotatable bonds is 4. The molecule has 2 heterocycles. The maximum Gasteiger partial charge on any atom is 0.194 e. The quantitative estimate of drug-likeness (QED) is 0.873. The smallest absolute Gasteiger partial charge is 0.194 e. The van der Waals surface area contributed by atoms with Gasteiger partial charge in [0.15, 0.2) is 22.6 Å². The first-order valence-electron chi connectivity index (χ1n) is 6.52. The highest BCUT2D eigenvalue weighted by atomic mass is 32.2. The summed E-state index contributed by atoms with van der Waals surface area (Å²) in [5, 5.41) is 3.20. The maximum absolute atomic E-state index is 13.8. The second-order valence-corrected chi connectivity index (χ2v) is 5.50. The van der Waals surface area contributed by atoms with E-state index in [9.17, 15) is 8.78 Å². The minimum Gasteiger partial charge on any atom is -0.368 e. The summed E-state index contributed by atoms with van der Waals surface area (Å²) in [4.78, 5) is 12.6. The number of nitrogens with one attached hydrogen (secondary N) is 1. The molecule has 2 aromatic heterocycles. The first-order valence-corrected chi connectivity index (χ1v) is 7.33. The second-order valence-electron chi connectivity index (χ2n) is 4.54. The number of halogens is 2. The van der Waals surface area contributed by atoms with Crippen LogP contribution in [-0.2, 0) is 0 Å². The molecule has 4 nitrogen and oxygen atoms in total. The highest BCUT2D eigenvalue weighted by Crippen LogP contribution is 2.29. The summed E-state index contributed by atoms with van der Waals surface area (Å²) in [6, 6.07) is 0.821. The fourth-order valence-corrected chi connectivity index (χ4v) is 2.52. The first kappa shape index (κ1) is 15.6. The Morgan fingerprint density at radius 1 is 1.05 bits per heavy atom. The zero-order valence-corrected chi connectivity index (χ0v) is 13.1. The van der Waals surface area contributed by atoms with E-state index in [1.165, 1.54) is 0 Å². The lowest BCUT2D eigenvalue weighted by Gasteiger charge is -2.09. The maximum atomic E-state index is 13.8. The molecular weight excluding hydrogens is 294 g/mol. The molecule has 7 heteroatoms. The summed E-state index contributed by atoms with van der Waals surface area (Å²) >= 11 is 0.985. The summed E-state index contributed by atoms with van der Waals surface area (Å²) in [5.74, 6) is -1.41. The largest absolute Gasteiger partial charge is 0.368 e. The third-order valence-electron chi connectivity index (χ3n) is 3.04. The van der Waals surface area contributed by atoms with E-state index in [0.717, 1.165) is 34.8 Å². The summed E-state index contributed by atoms with van der Waals surface area (Å²) in [7, 11) is 0. The molecule has 0 fully saturated rings. The topological polar surface area (TPSA) is 50.7 Å². The van der Waals surface area contributed by atoms with Crippen LogP contribution in [0.25, 0.3) is 0 Å². The molecule has 1 N–H and O–H groups in total. The van der Waals surface area contributed by atoms with Crippen LogP contribution in [0.1, 0.15) is 23.9 Å². The van der Waals surface area contributed by atoms with Gasteiger partial charge < -0.3 is 5.32 Å². The molecule has 112 valence electrons. The van der Waals surface area contributed by atoms with E-state index in [1.54, 1.807) is 0 Å². The van der Waals surface area contributed by atoms with Gasteiger partial charge in [0.2, 0.25) is 0 Å². The van der Waals surface area contributed by atoms with Crippen molar-refractivity contribution in [3.63, 3.8) is 0 Å². The number of aromatic nitrogens is 3. The van der Waals surface area contributed by atoms with Crippen molar-refractivity contribution < 1.29 is 8.78 Å². The van der Waals surface area contributed by atoms with Gasteiger partial charge in [-0.15, -0.1) is 0 Å². The predicted molar refractivity (Wildman–Crippen MR) is 78.7 cm³/mol. The minimum absolute atomic E-state index is 0.0296. The molecule has 0 saturated heterocycles. The molecule has 21 heavy (non-hydrogen) atoms. The number of hydrogen-bond donors (Lipinski definition) is 1. The zero-order valence-electron chi connectivity index (χ0n) is 12.3. The highest BCUT2D eigenvalue weighted by molar-refractivity contribution is 7.99. The average Bonchev–Trinajstić information content (AvgIpc) is 2.41. The van der Waals surface area contributed by atoms with Crippen molar-refractivity contribution in [2.24, 2.45) is 0 Å². The molecule has 2 aromatic rings. The van der Waals surface area contributed by atoms with Gasteiger partial charge in [0.05, 0.1) is 0 Å². The van der Waals surface area contributed by atoms with E-state index >= 15 is 0 Å². The molecule has 2 rings (SSSR count). The monoisotopic (exact) mass is 310 g/mol. The summed E-state index contributed by atoms with van der Waals surface area (Å²) in [6.07, 6.45) is 0. The summed E-state index contributed by atoms with van der Waals surface area (Å²) < 4.78 is 27.4. The Bertz CT molecular complexity index is 653. The van der Waals surface area contributed by atoms with Gasteiger partial charge in [-0.25, -0.2) is 23.7 Å². The third kappa shape index (κ3) is 3.47. The molecule has 0 amide bonds. The lowest BCUT2D eigenvalue weighted by molar-refractivity contribution is 0.551. The van der Waals surface area contributed by atoms with Gasteiger partial charge in [0.25, 0.3) is 0 Å². The Labute approximate surface area is 126 Å². The van der Waals surface area contributed by atoms with Crippen LogP contribution in [-0.4, -0.2) is 21.5 Å². The Balaban J connectivity index is 2.37. The summed E-state index contributed by atoms with van der Waals surface area (Å²) in [6.45, 7) is 7.98. The molecule has 0 saturated carbocycles. The number of aryl methyl sites for hydroxylation is 2. The van der Waals surface area contributed by atoms with E-state index < -0.39 is 11.6 Å². The van der Waals surface area contributed by atoms with E-state index in [0.29, 0.717) is 11.7 Å². The van der Waals surface area contributed by atoms with E-state index in [-0.39, 0.29) is 10.8 Å². The van der Waals surface area contributed by atoms with E-state index in [4.69, 9.17) is 0 Å². The Morgan fingerprint density at radius 2 is 1.67 bits per heavy atom. The highest BCUT2D eigenvalue weighted by Gasteiger charge is 2.15. The third-order valence-corrected chi connectivity index (χ3v) is 3.89. The van der Waals surface area contributed by atoms with Gasteiger partial charge in [0, 0.05) is 24.0 Å². The van der Waals surface area contributed by atoms with Crippen molar-refractivity contribution in [3.8, 4) is 0 Å². The molecule has 0 aromatic carbocycles. The normalized spacial score (nSPS) is 10.8. The minimum atomic E-state index is -0.723. The van der Waals surface area contributed by atoms with Gasteiger partial charge in [-0.1, -0.05) is 0 Å². The van der Waals surface area contributed by atoms with E-state index in [1.807, 2.05) is 27.7 Å². The van der Waals surface area contributed by atoms with Gasteiger partial charge in [-0.05, 0) is 45.0 Å². The van der Waals surface area contributed by atoms with Crippen LogP contribution in [0.15, 0.2) is 16.2 Å². The fourth-order valence-electron chi connectivity index (χ4n) is 1.69. The lowest BCUT2D eigenvalue weighted by Crippen LogP contribution is -2.05. The molecule has 0 aliphatic heterocycles. The van der Waals surface area contributed by atoms with Crippen molar-refractivity contribution >= 4 is 17.6 Å². The summed E-state index contributed by atoms with van der Waals surface area (Å²) in [5.41, 5.74) is 2.67. The molecule has 0 aliphatic carbocycles. The Kier molecular flexibility index (Phi) is 4.72. The Morgan fingerprint density at radius 3 is 2.24 bits per heavy atom. The van der Waals surface area contributed by atoms with E-state index in [2.05, 4.69) is 20.3 Å². The molecule has 0 unspecified atom stereocenters. The number of pyridine rings is 1. The van der Waals surface area contributed by atoms with Gasteiger partial charge in [-0.2, -0.15) is 0 Å². The first-order chi connectivity index (χ1) is 9.92. The number of nitrogens with zero attached hydrogens (tertiary/aromatic N) is 3. The predicted octanol–water partition coefficient (Wildman–Crippen LogP) is 3.66. The molecule has 0 radical (unpaired) electrons. The van der Waals surface area contributed by atoms with Crippen molar-refractivity contribution in [1.29, 1.82) is 0 Å². The fraction of sp³-hybridized carbons (Fsp3) is 0.357. The Hall–Kier alpha value is -1.76. The number of hydrogen-bond acceptors (Lipinski definition) is 5. The molecular formula is C14H16F2N4S. The zero-order chi connectivity index (χ0) is 15.6. The molecule has 0 atom stereocenters. The SMILES string of the molecule is CCNc1nc(Sc2nc(C)c(C)c(C)n2)c(F)cc1F. The van der Waals surface area contributed by atoms with Crippen LogP contribution in [0.4, 0.5) is 14.6 Å². The van der Waals surface area contributed by atoms with Gasteiger partial charge in [-0.3, -0.25) is 0 Å². The van der Waals surface area contributed by atoms with Gasteiger partial charge in [0.1, 0.15) is 5.03 Å². The van der Waals surface area contributed by atoms with Crippen LogP contribution in [0, 0.1) is 32.4 Å². The van der Waals surface area contributed by atoms with Crippen LogP contribution in [0.3, 0.4) is 0 Å². The average molecular weight is 310 g/mol. The van der Waals surface area contributed by atoms with Crippen LogP contribution in [0.5, 0.6) is 0 Å². The standard InChI is InChI=1S/C14H16F2N4S/c1-5-17-12-10(15)6-11(16)13(20-12)21-14-18-8(3)7(2)9(4)19-14/h6H,5H2,1-4H3,(H,17,20). The van der Waals surface area contributed by atoms with Crippen LogP contribution >= 0.6 is 11.8 Å². The van der Waals surface area contributed by atoms with Crippen LogP contribution in [0.2, 0.25) is 0 Å². The van der Waals surface area contributed by atoms with Crippen LogP contribution < -0.4 is 5.32 Å². The van der Waals surface area contributed by atoms with Crippen molar-refractivity contribution in [1.82, 2.24) is 15.0 Å². The number of anilines is 1. The molecule has 0 aliphatic rings. The second kappa shape index (κ2) is 6.34. The lowest BCUT2D eigenvalue weighted by atomic mass is 10.2. The van der Waals surface area contributed by atoms with Gasteiger partial charge >= 0.3 is 0 Å². The van der Waals surface area contributed by atoms with Crippen molar-refractivity contribution in [3.05, 3.63) is 34.7 Å². The molecule has 0 spiro atoms. The van der Waals surface area contributed by atoms with Crippen molar-refractivity contribution in [2.75, 3.05) is 11.9 Å². The van der Waals surface area contributed by atoms with Crippen molar-refractivity contribution in [2.45, 2.75) is 37.9 Å².